The zero-order valence-corrected chi connectivity index (χ0v) is 14.1. The van der Waals surface area contributed by atoms with Crippen LogP contribution < -0.4 is 0 Å². The van der Waals surface area contributed by atoms with Gasteiger partial charge in [0, 0.05) is 26.7 Å². The lowest BCUT2D eigenvalue weighted by atomic mass is 9.89. The van der Waals surface area contributed by atoms with Crippen molar-refractivity contribution in [2.24, 2.45) is 5.92 Å². The molecule has 2 fully saturated rings. The molecule has 1 aliphatic carbocycles. The quantitative estimate of drug-likeness (QED) is 0.836. The molecule has 0 bridgehead atoms. The second-order valence-corrected chi connectivity index (χ2v) is 7.00. The summed E-state index contributed by atoms with van der Waals surface area (Å²) < 4.78 is 7.55. The summed E-state index contributed by atoms with van der Waals surface area (Å²) in [4.78, 5) is 14.2. The van der Waals surface area contributed by atoms with Gasteiger partial charge in [-0.15, -0.1) is 5.10 Å². The summed E-state index contributed by atoms with van der Waals surface area (Å²) >= 11 is 0. The minimum Gasteiger partial charge on any atom is -0.376 e. The van der Waals surface area contributed by atoms with E-state index in [-0.39, 0.29) is 12.0 Å². The van der Waals surface area contributed by atoms with Gasteiger partial charge in [0.2, 0.25) is 0 Å². The third kappa shape index (κ3) is 4.53. The minimum absolute atomic E-state index is 0.0610. The van der Waals surface area contributed by atoms with Crippen LogP contribution in [0.2, 0.25) is 0 Å². The van der Waals surface area contributed by atoms with Gasteiger partial charge in [-0.3, -0.25) is 9.48 Å². The highest BCUT2D eigenvalue weighted by molar-refractivity contribution is 5.91. The molecule has 23 heavy (non-hydrogen) atoms. The number of ether oxygens (including phenoxy) is 1. The van der Waals surface area contributed by atoms with Gasteiger partial charge in [-0.1, -0.05) is 24.5 Å². The lowest BCUT2D eigenvalue weighted by molar-refractivity contribution is -0.000293. The summed E-state index contributed by atoms with van der Waals surface area (Å²) in [6, 6.07) is 0. The first-order chi connectivity index (χ1) is 11.2. The van der Waals surface area contributed by atoms with Crippen LogP contribution in [0.4, 0.5) is 0 Å². The van der Waals surface area contributed by atoms with Gasteiger partial charge >= 0.3 is 0 Å². The summed E-state index contributed by atoms with van der Waals surface area (Å²) in [7, 11) is 1.82. The molecule has 1 saturated heterocycles. The van der Waals surface area contributed by atoms with Crippen LogP contribution in [0.3, 0.4) is 0 Å². The molecule has 1 unspecified atom stereocenters. The van der Waals surface area contributed by atoms with Crippen LogP contribution in [-0.2, 0) is 11.3 Å². The first-order valence-corrected chi connectivity index (χ1v) is 8.99. The molecule has 1 saturated carbocycles. The van der Waals surface area contributed by atoms with Crippen molar-refractivity contribution in [3.8, 4) is 0 Å². The fourth-order valence-electron chi connectivity index (χ4n) is 3.66. The maximum atomic E-state index is 12.5. The number of aromatic nitrogens is 3. The lowest BCUT2D eigenvalue weighted by Gasteiger charge is -2.26. The van der Waals surface area contributed by atoms with Crippen molar-refractivity contribution in [3.05, 3.63) is 11.9 Å². The maximum absolute atomic E-state index is 12.5. The Morgan fingerprint density at radius 1 is 1.26 bits per heavy atom. The van der Waals surface area contributed by atoms with E-state index < -0.39 is 0 Å². The monoisotopic (exact) mass is 320 g/mol. The summed E-state index contributed by atoms with van der Waals surface area (Å²) in [5.41, 5.74) is 0.444. The largest absolute Gasteiger partial charge is 0.376 e. The van der Waals surface area contributed by atoms with E-state index in [1.165, 1.54) is 38.5 Å². The number of carbonyl (C=O) groups excluding carboxylic acids is 1. The molecule has 1 aliphatic heterocycles. The molecule has 128 valence electrons. The van der Waals surface area contributed by atoms with Gasteiger partial charge in [0.05, 0.1) is 12.3 Å². The molecule has 1 amide bonds. The fourth-order valence-corrected chi connectivity index (χ4v) is 3.66. The summed E-state index contributed by atoms with van der Waals surface area (Å²) in [5.74, 6) is 0.621. The smallest absolute Gasteiger partial charge is 0.275 e. The first kappa shape index (κ1) is 16.4. The van der Waals surface area contributed by atoms with Crippen LogP contribution in [0.1, 0.15) is 61.9 Å². The van der Waals surface area contributed by atoms with Crippen LogP contribution >= 0.6 is 0 Å². The van der Waals surface area contributed by atoms with E-state index in [1.54, 1.807) is 11.1 Å². The van der Waals surface area contributed by atoms with E-state index >= 15 is 0 Å². The molecule has 0 aromatic carbocycles. The van der Waals surface area contributed by atoms with Crippen molar-refractivity contribution < 1.29 is 9.53 Å². The van der Waals surface area contributed by atoms with Crippen LogP contribution in [0.15, 0.2) is 6.20 Å². The van der Waals surface area contributed by atoms with E-state index in [1.807, 2.05) is 11.7 Å². The Morgan fingerprint density at radius 3 is 2.78 bits per heavy atom. The van der Waals surface area contributed by atoms with Crippen molar-refractivity contribution in [1.29, 1.82) is 0 Å². The van der Waals surface area contributed by atoms with Crippen LogP contribution in [0.5, 0.6) is 0 Å². The Bertz CT molecular complexity index is 504. The highest BCUT2D eigenvalue weighted by Crippen LogP contribution is 2.24. The average molecular weight is 320 g/mol. The third-order valence-electron chi connectivity index (χ3n) is 5.03. The minimum atomic E-state index is -0.0610. The summed E-state index contributed by atoms with van der Waals surface area (Å²) in [6.07, 6.45) is 11.8. The predicted molar refractivity (Wildman–Crippen MR) is 87.1 cm³/mol. The van der Waals surface area contributed by atoms with E-state index in [0.717, 1.165) is 26.0 Å². The zero-order valence-electron chi connectivity index (χ0n) is 14.1. The third-order valence-corrected chi connectivity index (χ3v) is 5.03. The molecular weight excluding hydrogens is 292 g/mol. The molecule has 2 aliphatic rings. The number of carbonyl (C=O) groups is 1. The number of hydrogen-bond donors (Lipinski definition) is 0. The highest BCUT2D eigenvalue weighted by Gasteiger charge is 2.22. The van der Waals surface area contributed by atoms with Gasteiger partial charge in [0.15, 0.2) is 5.69 Å². The van der Waals surface area contributed by atoms with E-state index in [4.69, 9.17) is 4.74 Å². The van der Waals surface area contributed by atoms with Gasteiger partial charge in [-0.2, -0.15) is 0 Å². The first-order valence-electron chi connectivity index (χ1n) is 8.99. The topological polar surface area (TPSA) is 60.2 Å². The molecule has 0 N–H and O–H groups in total. The normalized spacial score (nSPS) is 22.9. The Balaban J connectivity index is 1.52. The van der Waals surface area contributed by atoms with Crippen LogP contribution in [0.25, 0.3) is 0 Å². The number of likely N-dealkylation sites (N-methyl/N-ethyl adjacent to an activating group) is 1. The van der Waals surface area contributed by atoms with Gasteiger partial charge < -0.3 is 9.64 Å². The van der Waals surface area contributed by atoms with E-state index in [9.17, 15) is 4.79 Å². The molecule has 1 atom stereocenters. The van der Waals surface area contributed by atoms with Crippen molar-refractivity contribution >= 4 is 5.91 Å². The number of amides is 1. The fraction of sp³-hybridized carbons (Fsp3) is 0.824. The van der Waals surface area contributed by atoms with Crippen molar-refractivity contribution in [2.45, 2.75) is 64.0 Å². The predicted octanol–water partition coefficient (Wildman–Crippen LogP) is 2.50. The molecule has 1 aromatic rings. The van der Waals surface area contributed by atoms with Crippen molar-refractivity contribution in [1.82, 2.24) is 19.9 Å². The van der Waals surface area contributed by atoms with Gasteiger partial charge in [-0.25, -0.2) is 0 Å². The summed E-state index contributed by atoms with van der Waals surface area (Å²) in [6.45, 7) is 2.33. The second-order valence-electron chi connectivity index (χ2n) is 7.00. The molecule has 0 radical (unpaired) electrons. The molecule has 6 heteroatoms. The van der Waals surface area contributed by atoms with Crippen molar-refractivity contribution in [3.63, 3.8) is 0 Å². The van der Waals surface area contributed by atoms with E-state index in [0.29, 0.717) is 18.2 Å². The van der Waals surface area contributed by atoms with Gasteiger partial charge in [0.1, 0.15) is 0 Å². The van der Waals surface area contributed by atoms with Crippen LogP contribution in [0, 0.1) is 5.92 Å². The number of hydrogen-bond acceptors (Lipinski definition) is 4. The molecule has 6 nitrogen and oxygen atoms in total. The zero-order chi connectivity index (χ0) is 16.1. The Hall–Kier alpha value is -1.43. The molecule has 3 rings (SSSR count). The Labute approximate surface area is 138 Å². The standard InChI is InChI=1S/C17H28N4O2/c1-20(12-15-9-5-6-10-23-15)17(22)16-13-21(19-18-16)11-14-7-3-2-4-8-14/h13-15H,2-12H2,1H3. The van der Waals surface area contributed by atoms with Gasteiger partial charge in [-0.05, 0) is 38.0 Å². The molecule has 2 heterocycles. The summed E-state index contributed by atoms with van der Waals surface area (Å²) in [5, 5.41) is 8.23. The maximum Gasteiger partial charge on any atom is 0.275 e. The second kappa shape index (κ2) is 7.90. The average Bonchev–Trinajstić information content (AvgIpc) is 3.04. The van der Waals surface area contributed by atoms with E-state index in [2.05, 4.69) is 10.3 Å². The molecule has 1 aromatic heterocycles. The highest BCUT2D eigenvalue weighted by atomic mass is 16.5. The molecular formula is C17H28N4O2. The Morgan fingerprint density at radius 2 is 2.04 bits per heavy atom. The SMILES string of the molecule is CN(CC1CCCCO1)C(=O)c1cn(CC2CCCCC2)nn1. The lowest BCUT2D eigenvalue weighted by Crippen LogP contribution is -2.37. The van der Waals surface area contributed by atoms with Crippen LogP contribution in [-0.4, -0.2) is 52.1 Å². The number of nitrogens with zero attached hydrogens (tertiary/aromatic N) is 4. The number of rotatable bonds is 5. The Kier molecular flexibility index (Phi) is 5.65. The van der Waals surface area contributed by atoms with Gasteiger partial charge in [0.25, 0.3) is 5.91 Å². The van der Waals surface area contributed by atoms with Crippen molar-refractivity contribution in [2.75, 3.05) is 20.2 Å². The molecule has 0 spiro atoms.